The van der Waals surface area contributed by atoms with Crippen LogP contribution in [0.15, 0.2) is 0 Å². The Morgan fingerprint density at radius 1 is 0.424 bits per heavy atom. The molecule has 6 unspecified atom stereocenters. The van der Waals surface area contributed by atoms with Crippen molar-refractivity contribution in [3.63, 3.8) is 0 Å². The quantitative estimate of drug-likeness (QED) is 0.129. The Hall–Kier alpha value is -0.463. The zero-order chi connectivity index (χ0) is 27.1. The fourth-order valence-electron chi connectivity index (χ4n) is 1.97. The number of hydrogen-bond acceptors (Lipinski definition) is 0. The van der Waals surface area contributed by atoms with Crippen LogP contribution in [0.25, 0.3) is 0 Å². The molecule has 6 atom stereocenters. The third kappa shape index (κ3) is 5.69. The van der Waals surface area contributed by atoms with E-state index in [0.29, 0.717) is 0 Å². The van der Waals surface area contributed by atoms with Gasteiger partial charge in [-0.05, 0) is 0 Å². The molecule has 0 heterocycles. The molecule has 0 aliphatic carbocycles. The highest BCUT2D eigenvalue weighted by Crippen LogP contribution is 2.53. The lowest BCUT2D eigenvalue weighted by Gasteiger charge is -2.39. The summed E-state index contributed by atoms with van der Waals surface area (Å²) in [5.41, 5.74) is 0. The number of halogens is 20. The van der Waals surface area contributed by atoms with Gasteiger partial charge in [0, 0.05) is 0 Å². The van der Waals surface area contributed by atoms with Crippen molar-refractivity contribution >= 4 is 28.9 Å². The Kier molecular flexibility index (Phi) is 10.1. The van der Waals surface area contributed by atoms with Gasteiger partial charge < -0.3 is 0 Å². The van der Waals surface area contributed by atoms with E-state index in [2.05, 4.69) is 22.2 Å². The molecule has 0 aromatic heterocycles. The van der Waals surface area contributed by atoms with Gasteiger partial charge in [0.05, 0.1) is 0 Å². The van der Waals surface area contributed by atoms with E-state index in [4.69, 9.17) is 0 Å². The maximum Gasteiger partial charge on any atom is 0.346 e. The highest BCUT2D eigenvalue weighted by molar-refractivity contribution is 7.46. The van der Waals surface area contributed by atoms with Crippen molar-refractivity contribution in [1.82, 2.24) is 0 Å². The molecule has 0 nitrogen and oxygen atoms in total. The minimum Gasteiger partial charge on any atom is -0.241 e. The van der Waals surface area contributed by atoms with Gasteiger partial charge in [0.25, 0.3) is 12.9 Å². The van der Waals surface area contributed by atoms with Gasteiger partial charge in [-0.1, -0.05) is 0 Å². The largest absolute Gasteiger partial charge is 0.346 e. The average molecular weight is 593 g/mol. The predicted molar refractivity (Wildman–Crippen MR) is 78.6 cm³/mol. The molecule has 0 saturated carbocycles. The standard InChI is InChI=1S/C12H8Cl2F18Si/c13-33(14,7(23)11(29,30)9(25,26)3(17)1(15)5(19)20)8(24)12(31,32)10(27,28)4(18)2(16)6(21)22/h1-8H. The monoisotopic (exact) mass is 592 g/mol. The molecule has 0 radical (unpaired) electrons. The highest BCUT2D eigenvalue weighted by atomic mass is 35.7. The maximum absolute atomic E-state index is 13.9. The molecule has 0 N–H and O–H groups in total. The predicted octanol–water partition coefficient (Wildman–Crippen LogP) is 7.08. The lowest BCUT2D eigenvalue weighted by atomic mass is 10.0. The summed E-state index contributed by atoms with van der Waals surface area (Å²) in [5.74, 6) is -39.0. The van der Waals surface area contributed by atoms with Crippen molar-refractivity contribution in [2.75, 3.05) is 0 Å². The van der Waals surface area contributed by atoms with Crippen molar-refractivity contribution in [2.45, 2.75) is 72.8 Å². The lowest BCUT2D eigenvalue weighted by Crippen LogP contribution is -2.69. The Morgan fingerprint density at radius 2 is 0.636 bits per heavy atom. The minimum atomic E-state index is -7.42. The molecule has 0 aliphatic rings. The Labute approximate surface area is 181 Å². The first kappa shape index (κ1) is 32.5. The van der Waals surface area contributed by atoms with E-state index in [1.54, 1.807) is 0 Å². The van der Waals surface area contributed by atoms with Gasteiger partial charge in [-0.3, -0.25) is 0 Å². The summed E-state index contributed by atoms with van der Waals surface area (Å²) in [5, 5.41) is 0. The van der Waals surface area contributed by atoms with Crippen LogP contribution in [0.5, 0.6) is 0 Å². The van der Waals surface area contributed by atoms with E-state index < -0.39 is 79.5 Å². The molecule has 0 bridgehead atoms. The van der Waals surface area contributed by atoms with Crippen molar-refractivity contribution in [2.24, 2.45) is 0 Å². The van der Waals surface area contributed by atoms with Gasteiger partial charge in [-0.25, -0.2) is 43.9 Å². The van der Waals surface area contributed by atoms with Gasteiger partial charge in [0.2, 0.25) is 12.3 Å². The molecule has 0 amide bonds. The van der Waals surface area contributed by atoms with Crippen LogP contribution >= 0.6 is 22.2 Å². The summed E-state index contributed by atoms with van der Waals surface area (Å²) in [6.07, 6.45) is -29.6. The molecule has 0 aromatic rings. The minimum absolute atomic E-state index is 4.51. The fraction of sp³-hybridized carbons (Fsp3) is 1.00. The first-order valence-corrected chi connectivity index (χ1v) is 11.8. The third-order valence-electron chi connectivity index (χ3n) is 3.93. The summed E-state index contributed by atoms with van der Waals surface area (Å²) in [6, 6.07) is 0. The highest BCUT2D eigenvalue weighted by Gasteiger charge is 2.80. The van der Waals surface area contributed by atoms with E-state index >= 15 is 0 Å². The second-order valence-electron chi connectivity index (χ2n) is 6.25. The van der Waals surface area contributed by atoms with E-state index in [9.17, 15) is 79.0 Å². The summed E-state index contributed by atoms with van der Waals surface area (Å²) >= 11 is 9.02. The SMILES string of the molecule is FC(F)C(F)C(F)C(F)(F)C(F)(F)C(F)[Si](Cl)(Cl)C(F)C(F)(F)C(F)(F)C(F)C(F)C(F)F. The van der Waals surface area contributed by atoms with Crippen molar-refractivity contribution < 1.29 is 79.0 Å². The fourth-order valence-corrected chi connectivity index (χ4v) is 5.23. The molecular weight excluding hydrogens is 585 g/mol. The van der Waals surface area contributed by atoms with Gasteiger partial charge in [-0.15, -0.1) is 22.2 Å². The van der Waals surface area contributed by atoms with Crippen molar-refractivity contribution in [3.05, 3.63) is 0 Å². The van der Waals surface area contributed by atoms with E-state index in [1.165, 1.54) is 0 Å². The number of rotatable bonds is 12. The molecule has 0 fully saturated rings. The van der Waals surface area contributed by atoms with E-state index in [1.807, 2.05) is 0 Å². The molecule has 0 rings (SSSR count). The first-order chi connectivity index (χ1) is 14.3. The summed E-state index contributed by atoms with van der Waals surface area (Å²) < 4.78 is 236. The molecule has 0 spiro atoms. The normalized spacial score (nSPS) is 20.5. The summed E-state index contributed by atoms with van der Waals surface area (Å²) in [7, 11) is 0. The summed E-state index contributed by atoms with van der Waals surface area (Å²) in [6.45, 7) is -7.42. The number of hydrogen-bond donors (Lipinski definition) is 0. The molecule has 0 aliphatic heterocycles. The van der Waals surface area contributed by atoms with Crippen LogP contribution in [0.4, 0.5) is 79.0 Å². The van der Waals surface area contributed by atoms with E-state index in [-0.39, 0.29) is 0 Å². The van der Waals surface area contributed by atoms with Crippen LogP contribution in [0, 0.1) is 0 Å². The smallest absolute Gasteiger partial charge is 0.241 e. The van der Waals surface area contributed by atoms with Crippen LogP contribution in [-0.4, -0.2) is 79.5 Å². The van der Waals surface area contributed by atoms with Gasteiger partial charge in [0.1, 0.15) is 0 Å². The second kappa shape index (κ2) is 10.3. The van der Waals surface area contributed by atoms with Crippen LogP contribution < -0.4 is 0 Å². The zero-order valence-electron chi connectivity index (χ0n) is 14.7. The third-order valence-corrected chi connectivity index (χ3v) is 8.31. The van der Waals surface area contributed by atoms with Crippen LogP contribution in [-0.2, 0) is 0 Å². The van der Waals surface area contributed by atoms with Crippen LogP contribution in [0.1, 0.15) is 0 Å². The molecule has 200 valence electrons. The number of alkyl halides is 18. The van der Waals surface area contributed by atoms with Gasteiger partial charge in [0.15, 0.2) is 23.9 Å². The molecular formula is C12H8Cl2F18Si. The average Bonchev–Trinajstić information content (AvgIpc) is 2.69. The van der Waals surface area contributed by atoms with E-state index in [0.717, 1.165) is 0 Å². The Bertz CT molecular complexity index is 592. The van der Waals surface area contributed by atoms with Crippen LogP contribution in [0.3, 0.4) is 0 Å². The van der Waals surface area contributed by atoms with Crippen LogP contribution in [0.2, 0.25) is 0 Å². The molecule has 21 heteroatoms. The second-order valence-corrected chi connectivity index (χ2v) is 12.9. The maximum atomic E-state index is 13.9. The van der Waals surface area contributed by atoms with Gasteiger partial charge >= 0.3 is 30.4 Å². The molecule has 0 aromatic carbocycles. The summed E-state index contributed by atoms with van der Waals surface area (Å²) in [4.78, 5) is 0. The first-order valence-electron chi connectivity index (χ1n) is 7.64. The molecule has 0 saturated heterocycles. The zero-order valence-corrected chi connectivity index (χ0v) is 17.2. The molecule has 33 heavy (non-hydrogen) atoms. The van der Waals surface area contributed by atoms with Crippen molar-refractivity contribution in [1.29, 1.82) is 0 Å². The lowest BCUT2D eigenvalue weighted by molar-refractivity contribution is -0.273. The van der Waals surface area contributed by atoms with Crippen molar-refractivity contribution in [3.8, 4) is 0 Å². The van der Waals surface area contributed by atoms with Gasteiger partial charge in [-0.2, -0.15) is 35.1 Å². The Balaban J connectivity index is 6.25. The topological polar surface area (TPSA) is 0 Å². The Morgan fingerprint density at radius 3 is 0.818 bits per heavy atom.